The van der Waals surface area contributed by atoms with Gasteiger partial charge in [0.15, 0.2) is 0 Å². The Morgan fingerprint density at radius 1 is 1.50 bits per heavy atom. The van der Waals surface area contributed by atoms with Crippen molar-refractivity contribution in [2.45, 2.75) is 12.8 Å². The van der Waals surface area contributed by atoms with Crippen molar-refractivity contribution < 1.29 is 4.39 Å². The van der Waals surface area contributed by atoms with Crippen molar-refractivity contribution in [3.63, 3.8) is 0 Å². The summed E-state index contributed by atoms with van der Waals surface area (Å²) in [7, 11) is 0. The zero-order valence-electron chi connectivity index (χ0n) is 6.31. The highest BCUT2D eigenvalue weighted by atomic mass is 35.5. The molecule has 0 N–H and O–H groups in total. The molecule has 0 saturated carbocycles. The number of thiocarbonyl (C=S) groups is 1. The highest BCUT2D eigenvalue weighted by Gasteiger charge is 2.00. The third-order valence-electron chi connectivity index (χ3n) is 1.51. The van der Waals surface area contributed by atoms with Crippen LogP contribution in [0.25, 0.3) is 0 Å². The lowest BCUT2D eigenvalue weighted by molar-refractivity contribution is 0.611. The quantitative estimate of drug-likeness (QED) is 0.677. The van der Waals surface area contributed by atoms with Crippen LogP contribution >= 0.6 is 23.8 Å². The van der Waals surface area contributed by atoms with Gasteiger partial charge in [-0.1, -0.05) is 29.9 Å². The molecule has 0 aliphatic rings. The number of benzene rings is 1. The van der Waals surface area contributed by atoms with E-state index < -0.39 is 0 Å². The van der Waals surface area contributed by atoms with Gasteiger partial charge in [-0.15, -0.1) is 0 Å². The molecule has 0 atom stereocenters. The Hall–Kier alpha value is -0.470. The SMILES string of the molecule is Fc1cc(Cl)ccc1CC[C]=S. The molecule has 1 aromatic carbocycles. The van der Waals surface area contributed by atoms with E-state index in [4.69, 9.17) is 11.6 Å². The first kappa shape index (κ1) is 9.62. The van der Waals surface area contributed by atoms with Crippen LogP contribution in [0.4, 0.5) is 4.39 Å². The van der Waals surface area contributed by atoms with Gasteiger partial charge >= 0.3 is 0 Å². The minimum atomic E-state index is -0.271. The lowest BCUT2D eigenvalue weighted by Crippen LogP contribution is -1.90. The number of aryl methyl sites for hydroxylation is 1. The number of hydrogen-bond donors (Lipinski definition) is 0. The number of halogens is 2. The van der Waals surface area contributed by atoms with E-state index >= 15 is 0 Å². The van der Waals surface area contributed by atoms with Crippen molar-refractivity contribution in [2.24, 2.45) is 0 Å². The first-order chi connectivity index (χ1) is 5.74. The normalized spacial score (nSPS) is 9.83. The van der Waals surface area contributed by atoms with Gasteiger partial charge in [0.25, 0.3) is 0 Å². The Bertz CT molecular complexity index is 286. The predicted octanol–water partition coefficient (Wildman–Crippen LogP) is 3.29. The fourth-order valence-electron chi connectivity index (χ4n) is 0.910. The van der Waals surface area contributed by atoms with Gasteiger partial charge in [-0.25, -0.2) is 4.39 Å². The second-order valence-electron chi connectivity index (χ2n) is 2.38. The van der Waals surface area contributed by atoms with Gasteiger partial charge in [-0.3, -0.25) is 0 Å². The summed E-state index contributed by atoms with van der Waals surface area (Å²) in [5, 5.41) is 2.96. The van der Waals surface area contributed by atoms with E-state index in [-0.39, 0.29) is 5.82 Å². The molecule has 0 heterocycles. The number of rotatable bonds is 3. The number of hydrogen-bond acceptors (Lipinski definition) is 1. The first-order valence-electron chi connectivity index (χ1n) is 3.53. The predicted molar refractivity (Wildman–Crippen MR) is 52.3 cm³/mol. The van der Waals surface area contributed by atoms with Crippen LogP contribution in [0.3, 0.4) is 0 Å². The molecule has 3 heteroatoms. The topological polar surface area (TPSA) is 0 Å². The lowest BCUT2D eigenvalue weighted by atomic mass is 10.1. The van der Waals surface area contributed by atoms with Gasteiger partial charge in [0.2, 0.25) is 0 Å². The van der Waals surface area contributed by atoms with Gasteiger partial charge in [0.1, 0.15) is 5.82 Å². The molecule has 0 fully saturated rings. The summed E-state index contributed by atoms with van der Waals surface area (Å²) in [4.78, 5) is 0. The van der Waals surface area contributed by atoms with Crippen molar-refractivity contribution >= 4 is 29.2 Å². The fraction of sp³-hybridized carbons (Fsp3) is 0.222. The van der Waals surface area contributed by atoms with Gasteiger partial charge in [0, 0.05) is 10.4 Å². The van der Waals surface area contributed by atoms with Crippen molar-refractivity contribution in [1.82, 2.24) is 0 Å². The summed E-state index contributed by atoms with van der Waals surface area (Å²) in [6.45, 7) is 0. The molecule has 0 unspecified atom stereocenters. The third kappa shape index (κ3) is 2.54. The average molecular weight is 202 g/mol. The van der Waals surface area contributed by atoms with Crippen LogP contribution in [0.1, 0.15) is 12.0 Å². The van der Waals surface area contributed by atoms with Crippen LogP contribution in [0.2, 0.25) is 5.02 Å². The molecule has 0 aromatic heterocycles. The van der Waals surface area contributed by atoms with Crippen molar-refractivity contribution in [3.8, 4) is 0 Å². The van der Waals surface area contributed by atoms with Crippen LogP contribution in [0.5, 0.6) is 0 Å². The van der Waals surface area contributed by atoms with Gasteiger partial charge in [0.05, 0.1) is 0 Å². The van der Waals surface area contributed by atoms with Crippen molar-refractivity contribution in [2.75, 3.05) is 0 Å². The van der Waals surface area contributed by atoms with E-state index in [1.54, 1.807) is 12.1 Å². The Morgan fingerprint density at radius 3 is 2.83 bits per heavy atom. The Kier molecular flexibility index (Phi) is 3.63. The van der Waals surface area contributed by atoms with Gasteiger partial charge < -0.3 is 0 Å². The Labute approximate surface area is 81.4 Å². The molecule has 0 nitrogen and oxygen atoms in total. The minimum absolute atomic E-state index is 0.271. The van der Waals surface area contributed by atoms with E-state index in [0.29, 0.717) is 23.4 Å². The van der Waals surface area contributed by atoms with Crippen LogP contribution in [-0.2, 0) is 6.42 Å². The van der Waals surface area contributed by atoms with E-state index in [1.165, 1.54) is 6.07 Å². The van der Waals surface area contributed by atoms with Crippen LogP contribution in [0, 0.1) is 5.82 Å². The molecule has 0 spiro atoms. The molecule has 0 bridgehead atoms. The fourth-order valence-corrected chi connectivity index (χ4v) is 1.17. The molecule has 1 aromatic rings. The summed E-state index contributed by atoms with van der Waals surface area (Å²) in [5.74, 6) is -0.271. The molecule has 0 aliphatic heterocycles. The largest absolute Gasteiger partial charge is 0.207 e. The van der Waals surface area contributed by atoms with Gasteiger partial charge in [-0.05, 0) is 30.5 Å². The molecule has 12 heavy (non-hydrogen) atoms. The second-order valence-corrected chi connectivity index (χ2v) is 3.11. The van der Waals surface area contributed by atoms with Crippen LogP contribution in [0.15, 0.2) is 18.2 Å². The monoisotopic (exact) mass is 201 g/mol. The standard InChI is InChI=1S/C9H7ClFS/c10-8-4-3-7(2-1-5-12)9(11)6-8/h3-4,6H,1-2H2. The summed E-state index contributed by atoms with van der Waals surface area (Å²) in [5.41, 5.74) is 0.636. The zero-order valence-corrected chi connectivity index (χ0v) is 7.88. The Balaban J connectivity index is 2.78. The average Bonchev–Trinajstić information content (AvgIpc) is 2.03. The van der Waals surface area contributed by atoms with E-state index in [1.807, 2.05) is 0 Å². The summed E-state index contributed by atoms with van der Waals surface area (Å²) < 4.78 is 13.0. The molecular formula is C9H7ClFS. The minimum Gasteiger partial charge on any atom is -0.207 e. The van der Waals surface area contributed by atoms with Crippen LogP contribution < -0.4 is 0 Å². The summed E-state index contributed by atoms with van der Waals surface area (Å²) in [6, 6.07) is 4.65. The molecule has 1 radical (unpaired) electrons. The highest BCUT2D eigenvalue weighted by molar-refractivity contribution is 7.78. The summed E-state index contributed by atoms with van der Waals surface area (Å²) >= 11 is 10.1. The maximum atomic E-state index is 13.0. The maximum Gasteiger partial charge on any atom is 0.127 e. The molecule has 0 aliphatic carbocycles. The highest BCUT2D eigenvalue weighted by Crippen LogP contribution is 2.15. The van der Waals surface area contributed by atoms with E-state index in [0.717, 1.165) is 0 Å². The molecule has 1 rings (SSSR count). The van der Waals surface area contributed by atoms with E-state index in [2.05, 4.69) is 17.6 Å². The first-order valence-corrected chi connectivity index (χ1v) is 4.31. The lowest BCUT2D eigenvalue weighted by Gasteiger charge is -1.99. The van der Waals surface area contributed by atoms with Crippen molar-refractivity contribution in [3.05, 3.63) is 34.6 Å². The maximum absolute atomic E-state index is 13.0. The Morgan fingerprint density at radius 2 is 2.25 bits per heavy atom. The molecular weight excluding hydrogens is 195 g/mol. The molecule has 63 valence electrons. The summed E-state index contributed by atoms with van der Waals surface area (Å²) in [6.07, 6.45) is 1.18. The van der Waals surface area contributed by atoms with Gasteiger partial charge in [-0.2, -0.15) is 0 Å². The second kappa shape index (κ2) is 4.53. The molecule has 0 saturated heterocycles. The smallest absolute Gasteiger partial charge is 0.127 e. The molecule has 0 amide bonds. The third-order valence-corrected chi connectivity index (χ3v) is 1.95. The van der Waals surface area contributed by atoms with Crippen LogP contribution in [-0.4, -0.2) is 5.37 Å². The van der Waals surface area contributed by atoms with E-state index in [9.17, 15) is 4.39 Å². The van der Waals surface area contributed by atoms with Crippen molar-refractivity contribution in [1.29, 1.82) is 0 Å². The zero-order chi connectivity index (χ0) is 8.97.